The molecule has 0 atom stereocenters. The Labute approximate surface area is 158 Å². The SMILES string of the molecule is COc1ccc(COCCCC/C=C/C=C/CCC/C=C/C(C)=O)cc1. The third-order valence-electron chi connectivity index (χ3n) is 3.81. The van der Waals surface area contributed by atoms with E-state index in [2.05, 4.69) is 24.3 Å². The number of ether oxygens (including phenoxy) is 2. The molecular weight excluding hydrogens is 324 g/mol. The standard InChI is InChI=1S/C23H32O3/c1-21(24)14-12-10-8-6-4-3-5-7-9-11-13-19-26-20-22-15-17-23(25-2)18-16-22/h3-5,7,12,14-18H,6,8-11,13,19-20H2,1-2H3/b4-3+,7-5+,14-12+. The van der Waals surface area contributed by atoms with E-state index < -0.39 is 0 Å². The predicted molar refractivity (Wildman–Crippen MR) is 108 cm³/mol. The van der Waals surface area contributed by atoms with Gasteiger partial charge in [0.15, 0.2) is 5.78 Å². The molecule has 142 valence electrons. The summed E-state index contributed by atoms with van der Waals surface area (Å²) in [4.78, 5) is 10.7. The summed E-state index contributed by atoms with van der Waals surface area (Å²) in [5, 5.41) is 0. The maximum Gasteiger partial charge on any atom is 0.152 e. The van der Waals surface area contributed by atoms with E-state index in [0.29, 0.717) is 6.61 Å². The highest BCUT2D eigenvalue weighted by molar-refractivity contribution is 5.87. The summed E-state index contributed by atoms with van der Waals surface area (Å²) in [6, 6.07) is 7.99. The van der Waals surface area contributed by atoms with Crippen LogP contribution in [0.1, 0.15) is 51.0 Å². The van der Waals surface area contributed by atoms with Gasteiger partial charge in [0.2, 0.25) is 0 Å². The highest BCUT2D eigenvalue weighted by Crippen LogP contribution is 2.12. The zero-order valence-electron chi connectivity index (χ0n) is 16.2. The average molecular weight is 357 g/mol. The third-order valence-corrected chi connectivity index (χ3v) is 3.81. The lowest BCUT2D eigenvalue weighted by Crippen LogP contribution is -1.95. The molecule has 0 unspecified atom stereocenters. The Morgan fingerprint density at radius 2 is 1.58 bits per heavy atom. The van der Waals surface area contributed by atoms with E-state index in [-0.39, 0.29) is 5.78 Å². The van der Waals surface area contributed by atoms with E-state index in [9.17, 15) is 4.79 Å². The summed E-state index contributed by atoms with van der Waals surface area (Å²) in [7, 11) is 1.67. The van der Waals surface area contributed by atoms with Gasteiger partial charge in [0.05, 0.1) is 13.7 Å². The minimum atomic E-state index is 0.120. The molecule has 1 rings (SSSR count). The summed E-state index contributed by atoms with van der Waals surface area (Å²) in [6.45, 7) is 3.03. The molecule has 0 spiro atoms. The number of benzene rings is 1. The number of ketones is 1. The molecule has 0 saturated heterocycles. The molecule has 0 aliphatic carbocycles. The number of unbranched alkanes of at least 4 members (excludes halogenated alkanes) is 4. The Morgan fingerprint density at radius 1 is 0.923 bits per heavy atom. The zero-order valence-corrected chi connectivity index (χ0v) is 16.2. The van der Waals surface area contributed by atoms with Gasteiger partial charge in [-0.3, -0.25) is 4.79 Å². The van der Waals surface area contributed by atoms with Crippen LogP contribution in [-0.2, 0) is 16.1 Å². The van der Waals surface area contributed by atoms with Crippen LogP contribution in [0, 0.1) is 0 Å². The van der Waals surface area contributed by atoms with Crippen molar-refractivity contribution in [2.45, 2.75) is 52.1 Å². The molecular formula is C23H32O3. The number of rotatable bonds is 14. The molecule has 0 radical (unpaired) electrons. The highest BCUT2D eigenvalue weighted by Gasteiger charge is 1.95. The fourth-order valence-electron chi connectivity index (χ4n) is 2.33. The lowest BCUT2D eigenvalue weighted by molar-refractivity contribution is -0.112. The van der Waals surface area contributed by atoms with Crippen LogP contribution in [-0.4, -0.2) is 19.5 Å². The predicted octanol–water partition coefficient (Wildman–Crippen LogP) is 5.81. The second-order valence-corrected chi connectivity index (χ2v) is 6.20. The maximum atomic E-state index is 10.7. The fourth-order valence-corrected chi connectivity index (χ4v) is 2.33. The van der Waals surface area contributed by atoms with Gasteiger partial charge < -0.3 is 9.47 Å². The van der Waals surface area contributed by atoms with Gasteiger partial charge in [-0.25, -0.2) is 0 Å². The highest BCUT2D eigenvalue weighted by atomic mass is 16.5. The van der Waals surface area contributed by atoms with Crippen LogP contribution in [0.2, 0.25) is 0 Å². The summed E-state index contributed by atoms with van der Waals surface area (Å²) < 4.78 is 10.8. The molecule has 0 aromatic heterocycles. The van der Waals surface area contributed by atoms with Gasteiger partial charge in [-0.15, -0.1) is 0 Å². The first-order chi connectivity index (χ1) is 12.7. The molecule has 26 heavy (non-hydrogen) atoms. The van der Waals surface area contributed by atoms with Crippen molar-refractivity contribution in [1.82, 2.24) is 0 Å². The smallest absolute Gasteiger partial charge is 0.152 e. The molecule has 0 fully saturated rings. The number of methoxy groups -OCH3 is 1. The topological polar surface area (TPSA) is 35.5 Å². The minimum absolute atomic E-state index is 0.120. The van der Waals surface area contributed by atoms with Crippen LogP contribution in [0.3, 0.4) is 0 Å². The zero-order chi connectivity index (χ0) is 18.9. The first kappa shape index (κ1) is 21.9. The molecule has 0 saturated carbocycles. The average Bonchev–Trinajstić information content (AvgIpc) is 2.65. The van der Waals surface area contributed by atoms with E-state index in [1.54, 1.807) is 20.1 Å². The van der Waals surface area contributed by atoms with Crippen molar-refractivity contribution in [2.75, 3.05) is 13.7 Å². The number of hydrogen-bond donors (Lipinski definition) is 0. The number of hydrogen-bond acceptors (Lipinski definition) is 3. The first-order valence-corrected chi connectivity index (χ1v) is 9.42. The van der Waals surface area contributed by atoms with Crippen molar-refractivity contribution < 1.29 is 14.3 Å². The molecule has 3 nitrogen and oxygen atoms in total. The van der Waals surface area contributed by atoms with E-state index in [4.69, 9.17) is 9.47 Å². The molecule has 0 amide bonds. The first-order valence-electron chi connectivity index (χ1n) is 9.42. The monoisotopic (exact) mass is 356 g/mol. The van der Waals surface area contributed by atoms with Gasteiger partial charge >= 0.3 is 0 Å². The second-order valence-electron chi connectivity index (χ2n) is 6.20. The molecule has 1 aromatic carbocycles. The lowest BCUT2D eigenvalue weighted by Gasteiger charge is -2.05. The van der Waals surface area contributed by atoms with E-state index >= 15 is 0 Å². The van der Waals surface area contributed by atoms with Crippen LogP contribution < -0.4 is 4.74 Å². The Bertz CT molecular complexity index is 568. The molecule has 3 heteroatoms. The Kier molecular flexibility index (Phi) is 12.8. The molecule has 1 aromatic rings. The van der Waals surface area contributed by atoms with E-state index in [1.165, 1.54) is 5.56 Å². The molecule has 0 aliphatic rings. The van der Waals surface area contributed by atoms with Crippen LogP contribution >= 0.6 is 0 Å². The fraction of sp³-hybridized carbons (Fsp3) is 0.435. The lowest BCUT2D eigenvalue weighted by atomic mass is 10.2. The molecule has 0 N–H and O–H groups in total. The normalized spacial score (nSPS) is 11.8. The summed E-state index contributed by atoms with van der Waals surface area (Å²) >= 11 is 0. The van der Waals surface area contributed by atoms with Crippen molar-refractivity contribution in [3.8, 4) is 5.75 Å². The largest absolute Gasteiger partial charge is 0.497 e. The van der Waals surface area contributed by atoms with Crippen molar-refractivity contribution in [2.24, 2.45) is 0 Å². The van der Waals surface area contributed by atoms with Gasteiger partial charge in [-0.05, 0) is 69.2 Å². The minimum Gasteiger partial charge on any atom is -0.497 e. The van der Waals surface area contributed by atoms with Crippen LogP contribution in [0.5, 0.6) is 5.75 Å². The van der Waals surface area contributed by atoms with Gasteiger partial charge in [0.25, 0.3) is 0 Å². The number of carbonyl (C=O) groups excluding carboxylic acids is 1. The summed E-state index contributed by atoms with van der Waals surface area (Å²) in [6.07, 6.45) is 18.6. The van der Waals surface area contributed by atoms with Crippen LogP contribution in [0.4, 0.5) is 0 Å². The van der Waals surface area contributed by atoms with E-state index in [1.807, 2.05) is 30.3 Å². The molecule has 0 heterocycles. The van der Waals surface area contributed by atoms with E-state index in [0.717, 1.165) is 50.9 Å². The Hall–Kier alpha value is -2.13. The number of carbonyl (C=O) groups is 1. The molecule has 0 bridgehead atoms. The van der Waals surface area contributed by atoms with Crippen molar-refractivity contribution in [1.29, 1.82) is 0 Å². The third kappa shape index (κ3) is 12.3. The quantitative estimate of drug-likeness (QED) is 0.240. The van der Waals surface area contributed by atoms with Crippen molar-refractivity contribution >= 4 is 5.78 Å². The number of allylic oxidation sites excluding steroid dienone is 6. The van der Waals surface area contributed by atoms with Crippen LogP contribution in [0.15, 0.2) is 60.7 Å². The maximum absolute atomic E-state index is 10.7. The Balaban J connectivity index is 1.93. The van der Waals surface area contributed by atoms with Crippen molar-refractivity contribution in [3.63, 3.8) is 0 Å². The van der Waals surface area contributed by atoms with Gasteiger partial charge in [0.1, 0.15) is 5.75 Å². The summed E-state index contributed by atoms with van der Waals surface area (Å²) in [5.41, 5.74) is 1.17. The van der Waals surface area contributed by atoms with Crippen molar-refractivity contribution in [3.05, 3.63) is 66.3 Å². The summed E-state index contributed by atoms with van der Waals surface area (Å²) in [5.74, 6) is 0.994. The second kappa shape index (κ2) is 15.2. The van der Waals surface area contributed by atoms with Gasteiger partial charge in [-0.1, -0.05) is 42.5 Å². The van der Waals surface area contributed by atoms with Gasteiger partial charge in [0, 0.05) is 6.61 Å². The Morgan fingerprint density at radius 3 is 2.23 bits per heavy atom. The van der Waals surface area contributed by atoms with Gasteiger partial charge in [-0.2, -0.15) is 0 Å². The van der Waals surface area contributed by atoms with Crippen LogP contribution in [0.25, 0.3) is 0 Å². The molecule has 0 aliphatic heterocycles.